The Morgan fingerprint density at radius 3 is 2.48 bits per heavy atom. The molecule has 2 aliphatic heterocycles. The van der Waals surface area contributed by atoms with Crippen LogP contribution in [-0.4, -0.2) is 82.3 Å². The number of alkyl halides is 1. The fourth-order valence-electron chi connectivity index (χ4n) is 3.23. The van der Waals surface area contributed by atoms with Gasteiger partial charge in [0, 0.05) is 12.4 Å². The number of amides is 1. The number of nitrogens with one attached hydrogen (secondary N) is 2. The molecule has 0 aromatic rings. The smallest absolute Gasteiger partial charge is 0.236 e. The lowest BCUT2D eigenvalue weighted by Gasteiger charge is -2.40. The van der Waals surface area contributed by atoms with Crippen LogP contribution < -0.4 is 10.6 Å². The molecule has 0 aliphatic carbocycles. The van der Waals surface area contributed by atoms with Gasteiger partial charge < -0.3 is 30.7 Å². The molecule has 2 heterocycles. The SMILES string of the molecule is CNC(=O)[C@@H]1CCC(C)CCN1.CS[C@H]1O[C@H](C[C@H](C)Cl)[C@H](O)[C@H](O)[C@H]1O. The highest BCUT2D eigenvalue weighted by Crippen LogP contribution is 2.29. The van der Waals surface area contributed by atoms with Crippen molar-refractivity contribution >= 4 is 29.3 Å². The number of carbonyl (C=O) groups is 1. The van der Waals surface area contributed by atoms with Gasteiger partial charge >= 0.3 is 0 Å². The van der Waals surface area contributed by atoms with Gasteiger partial charge in [0.1, 0.15) is 23.7 Å². The minimum absolute atomic E-state index is 0.0416. The lowest BCUT2D eigenvalue weighted by Crippen LogP contribution is -2.56. The number of halogens is 1. The fourth-order valence-corrected chi connectivity index (χ4v) is 4.10. The van der Waals surface area contributed by atoms with Crippen molar-refractivity contribution in [2.45, 2.75) is 80.8 Å². The van der Waals surface area contributed by atoms with Crippen LogP contribution in [0.5, 0.6) is 0 Å². The van der Waals surface area contributed by atoms with Gasteiger partial charge in [-0.05, 0) is 51.3 Å². The van der Waals surface area contributed by atoms with Crippen molar-refractivity contribution in [3.63, 3.8) is 0 Å². The standard InChI is InChI=1S/C9H17ClO4S.C9H18N2O/c1-4(10)3-5-6(11)7(12)8(13)9(14-5)15-2;1-7-3-4-8(9(12)10-2)11-6-5-7/h4-9,11-13H,3H2,1-2H3;7-8,11H,3-6H2,1-2H3,(H,10,12)/t4-,5+,6-,7-,8+,9+;7?,8-/m00/s1. The number of aliphatic hydroxyl groups excluding tert-OH is 3. The summed E-state index contributed by atoms with van der Waals surface area (Å²) in [7, 11) is 1.69. The number of hydrogen-bond acceptors (Lipinski definition) is 7. The third kappa shape index (κ3) is 8.04. The van der Waals surface area contributed by atoms with Gasteiger partial charge in [0.05, 0.1) is 12.1 Å². The lowest BCUT2D eigenvalue weighted by atomic mass is 9.97. The number of ether oxygens (including phenoxy) is 1. The molecule has 2 saturated heterocycles. The molecule has 2 rings (SSSR count). The molecule has 27 heavy (non-hydrogen) atoms. The number of rotatable bonds is 4. The molecule has 0 spiro atoms. The van der Waals surface area contributed by atoms with Gasteiger partial charge in [-0.1, -0.05) is 6.92 Å². The molecule has 0 bridgehead atoms. The molecular weight excluding hydrogens is 392 g/mol. The summed E-state index contributed by atoms with van der Waals surface area (Å²) in [4.78, 5) is 11.3. The Morgan fingerprint density at radius 1 is 1.26 bits per heavy atom. The van der Waals surface area contributed by atoms with Gasteiger partial charge in [-0.3, -0.25) is 4.79 Å². The first kappa shape index (κ1) is 24.9. The minimum atomic E-state index is -1.17. The number of carbonyl (C=O) groups excluding carboxylic acids is 1. The highest BCUT2D eigenvalue weighted by Gasteiger charge is 2.43. The molecule has 9 heteroatoms. The van der Waals surface area contributed by atoms with E-state index in [9.17, 15) is 20.1 Å². The van der Waals surface area contributed by atoms with Crippen LogP contribution >= 0.6 is 23.4 Å². The molecular formula is C18H35ClN2O5S. The molecule has 0 radical (unpaired) electrons. The fraction of sp³-hybridized carbons (Fsp3) is 0.944. The molecule has 5 N–H and O–H groups in total. The quantitative estimate of drug-likeness (QED) is 0.420. The highest BCUT2D eigenvalue weighted by molar-refractivity contribution is 7.99. The van der Waals surface area contributed by atoms with E-state index in [1.807, 2.05) is 0 Å². The first-order valence-corrected chi connectivity index (χ1v) is 11.2. The summed E-state index contributed by atoms with van der Waals surface area (Å²) in [5, 5.41) is 34.6. The molecule has 7 nitrogen and oxygen atoms in total. The van der Waals surface area contributed by atoms with Crippen LogP contribution in [0, 0.1) is 5.92 Å². The monoisotopic (exact) mass is 426 g/mol. The molecule has 0 aromatic carbocycles. The highest BCUT2D eigenvalue weighted by atomic mass is 35.5. The Balaban J connectivity index is 0.000000277. The van der Waals surface area contributed by atoms with Crippen LogP contribution in [-0.2, 0) is 9.53 Å². The van der Waals surface area contributed by atoms with Crippen molar-refractivity contribution in [3.8, 4) is 0 Å². The Labute approximate surface area is 171 Å². The van der Waals surface area contributed by atoms with E-state index in [0.717, 1.165) is 25.3 Å². The summed E-state index contributed by atoms with van der Waals surface area (Å²) in [6, 6.07) is 0.0416. The van der Waals surface area contributed by atoms with Crippen molar-refractivity contribution in [1.82, 2.24) is 10.6 Å². The summed E-state index contributed by atoms with van der Waals surface area (Å²) in [5.41, 5.74) is -0.510. The van der Waals surface area contributed by atoms with E-state index < -0.39 is 29.9 Å². The van der Waals surface area contributed by atoms with Crippen molar-refractivity contribution in [3.05, 3.63) is 0 Å². The van der Waals surface area contributed by atoms with E-state index in [1.54, 1.807) is 20.2 Å². The maximum absolute atomic E-state index is 11.3. The first-order valence-electron chi connectivity index (χ1n) is 9.52. The normalized spacial score (nSPS) is 38.1. The van der Waals surface area contributed by atoms with E-state index >= 15 is 0 Å². The second-order valence-electron chi connectivity index (χ2n) is 7.36. The summed E-state index contributed by atoms with van der Waals surface area (Å²) in [6.45, 7) is 5.01. The molecule has 0 aromatic heterocycles. The van der Waals surface area contributed by atoms with E-state index in [-0.39, 0.29) is 17.3 Å². The lowest BCUT2D eigenvalue weighted by molar-refractivity contribution is -0.198. The first-order chi connectivity index (χ1) is 12.7. The van der Waals surface area contributed by atoms with Crippen LogP contribution in [0.4, 0.5) is 0 Å². The van der Waals surface area contributed by atoms with Crippen molar-refractivity contribution in [2.75, 3.05) is 19.8 Å². The number of aliphatic hydroxyl groups is 3. The van der Waals surface area contributed by atoms with Gasteiger partial charge in [-0.2, -0.15) is 0 Å². The third-order valence-corrected chi connectivity index (χ3v) is 6.03. The average Bonchev–Trinajstić information content (AvgIpc) is 2.86. The van der Waals surface area contributed by atoms with Crippen LogP contribution in [0.2, 0.25) is 0 Å². The zero-order valence-corrected chi connectivity index (χ0v) is 18.2. The van der Waals surface area contributed by atoms with E-state index in [1.165, 1.54) is 18.2 Å². The largest absolute Gasteiger partial charge is 0.388 e. The number of thioether (sulfide) groups is 1. The maximum Gasteiger partial charge on any atom is 0.236 e. The van der Waals surface area contributed by atoms with Crippen LogP contribution in [0.3, 0.4) is 0 Å². The second kappa shape index (κ2) is 12.5. The van der Waals surface area contributed by atoms with Gasteiger partial charge in [-0.25, -0.2) is 0 Å². The average molecular weight is 427 g/mol. The van der Waals surface area contributed by atoms with Crippen LogP contribution in [0.15, 0.2) is 0 Å². The molecule has 1 unspecified atom stereocenters. The molecule has 160 valence electrons. The van der Waals surface area contributed by atoms with Gasteiger partial charge in [0.25, 0.3) is 0 Å². The summed E-state index contributed by atoms with van der Waals surface area (Å²) >= 11 is 7.11. The summed E-state index contributed by atoms with van der Waals surface area (Å²) in [6.07, 6.45) is 1.72. The summed E-state index contributed by atoms with van der Waals surface area (Å²) in [5.74, 6) is 0.885. The predicted molar refractivity (Wildman–Crippen MR) is 109 cm³/mol. The van der Waals surface area contributed by atoms with E-state index in [0.29, 0.717) is 6.42 Å². The van der Waals surface area contributed by atoms with Gasteiger partial charge in [0.15, 0.2) is 0 Å². The maximum atomic E-state index is 11.3. The molecule has 1 amide bonds. The number of hydrogen-bond donors (Lipinski definition) is 5. The Kier molecular flexibility index (Phi) is 11.5. The summed E-state index contributed by atoms with van der Waals surface area (Å²) < 4.78 is 5.46. The molecule has 2 aliphatic rings. The second-order valence-corrected chi connectivity index (χ2v) is 9.04. The van der Waals surface area contributed by atoms with E-state index in [4.69, 9.17) is 16.3 Å². The Hall–Kier alpha value is -0.0900. The Morgan fingerprint density at radius 2 is 1.93 bits per heavy atom. The molecule has 0 saturated carbocycles. The van der Waals surface area contributed by atoms with Crippen molar-refractivity contribution < 1.29 is 24.9 Å². The van der Waals surface area contributed by atoms with E-state index in [2.05, 4.69) is 17.6 Å². The van der Waals surface area contributed by atoms with Gasteiger partial charge in [-0.15, -0.1) is 23.4 Å². The Bertz CT molecular complexity index is 444. The van der Waals surface area contributed by atoms with Gasteiger partial charge in [0.2, 0.25) is 5.91 Å². The van der Waals surface area contributed by atoms with Crippen molar-refractivity contribution in [2.24, 2.45) is 5.92 Å². The van der Waals surface area contributed by atoms with Crippen LogP contribution in [0.25, 0.3) is 0 Å². The van der Waals surface area contributed by atoms with Crippen LogP contribution in [0.1, 0.15) is 39.5 Å². The zero-order chi connectivity index (χ0) is 20.6. The van der Waals surface area contributed by atoms with Crippen molar-refractivity contribution in [1.29, 1.82) is 0 Å². The molecule has 8 atom stereocenters. The minimum Gasteiger partial charge on any atom is -0.388 e. The molecule has 2 fully saturated rings. The zero-order valence-electron chi connectivity index (χ0n) is 16.6. The predicted octanol–water partition coefficient (Wildman–Crippen LogP) is 0.685. The number of likely N-dealkylation sites (N-methyl/N-ethyl adjacent to an activating group) is 1. The third-order valence-electron chi connectivity index (χ3n) is 5.00. The topological polar surface area (TPSA) is 111 Å².